The molecule has 0 bridgehead atoms. The van der Waals surface area contributed by atoms with Crippen molar-refractivity contribution in [3.8, 4) is 5.75 Å². The van der Waals surface area contributed by atoms with Gasteiger partial charge in [-0.15, -0.1) is 11.3 Å². The third-order valence-corrected chi connectivity index (χ3v) is 4.71. The van der Waals surface area contributed by atoms with Gasteiger partial charge in [0.25, 0.3) is 0 Å². The second-order valence-electron chi connectivity index (χ2n) is 4.78. The number of rotatable bonds is 5. The molecular weight excluding hydrogens is 290 g/mol. The van der Waals surface area contributed by atoms with E-state index in [2.05, 4.69) is 32.2 Å². The van der Waals surface area contributed by atoms with Crippen molar-refractivity contribution in [2.75, 3.05) is 13.7 Å². The molecular formula is C16H20ClNOS. The molecule has 20 heavy (non-hydrogen) atoms. The lowest BCUT2D eigenvalue weighted by Crippen LogP contribution is -2.22. The van der Waals surface area contributed by atoms with Crippen LogP contribution in [0.2, 0.25) is 5.02 Å². The number of aryl methyl sites for hydroxylation is 2. The van der Waals surface area contributed by atoms with Gasteiger partial charge in [0, 0.05) is 20.3 Å². The van der Waals surface area contributed by atoms with E-state index in [1.165, 1.54) is 15.3 Å². The Morgan fingerprint density at radius 2 is 2.05 bits per heavy atom. The Balaban J connectivity index is 2.53. The molecule has 0 aliphatic rings. The summed E-state index contributed by atoms with van der Waals surface area (Å²) in [7, 11) is 1.70. The lowest BCUT2D eigenvalue weighted by atomic mass is 10.0. The number of ether oxygens (including phenoxy) is 1. The summed E-state index contributed by atoms with van der Waals surface area (Å²) >= 11 is 7.99. The molecule has 2 nitrogen and oxygen atoms in total. The van der Waals surface area contributed by atoms with Gasteiger partial charge in [-0.25, -0.2) is 0 Å². The van der Waals surface area contributed by atoms with E-state index in [9.17, 15) is 0 Å². The van der Waals surface area contributed by atoms with Crippen molar-refractivity contribution in [3.63, 3.8) is 0 Å². The van der Waals surface area contributed by atoms with Crippen LogP contribution < -0.4 is 10.1 Å². The first kappa shape index (κ1) is 15.4. The van der Waals surface area contributed by atoms with Crippen molar-refractivity contribution in [1.82, 2.24) is 5.32 Å². The van der Waals surface area contributed by atoms with Crippen molar-refractivity contribution in [2.45, 2.75) is 26.8 Å². The van der Waals surface area contributed by atoms with E-state index in [1.54, 1.807) is 7.11 Å². The van der Waals surface area contributed by atoms with Crippen molar-refractivity contribution in [3.05, 3.63) is 50.2 Å². The number of hydrogen-bond donors (Lipinski definition) is 1. The van der Waals surface area contributed by atoms with Crippen LogP contribution in [0, 0.1) is 13.8 Å². The first-order valence-electron chi connectivity index (χ1n) is 6.70. The quantitative estimate of drug-likeness (QED) is 0.862. The van der Waals surface area contributed by atoms with Gasteiger partial charge in [-0.05, 0) is 50.2 Å². The molecule has 4 heteroatoms. The minimum atomic E-state index is 0.118. The molecule has 1 aromatic heterocycles. The molecule has 1 heterocycles. The highest BCUT2D eigenvalue weighted by Crippen LogP contribution is 2.37. The third-order valence-electron chi connectivity index (χ3n) is 3.25. The molecule has 0 saturated heterocycles. The Morgan fingerprint density at radius 3 is 2.60 bits per heavy atom. The van der Waals surface area contributed by atoms with Gasteiger partial charge in [0.05, 0.1) is 13.2 Å². The van der Waals surface area contributed by atoms with Crippen LogP contribution in [0.25, 0.3) is 0 Å². The standard InChI is InChI=1S/C16H20ClNOS/c1-5-18-15(16-10(2)8-11(3)20-16)13-9-12(17)6-7-14(13)19-4/h6-9,15,18H,5H2,1-4H3. The smallest absolute Gasteiger partial charge is 0.124 e. The first-order chi connectivity index (χ1) is 9.56. The summed E-state index contributed by atoms with van der Waals surface area (Å²) in [5.74, 6) is 0.866. The maximum absolute atomic E-state index is 6.17. The summed E-state index contributed by atoms with van der Waals surface area (Å²) in [4.78, 5) is 2.64. The molecule has 0 amide bonds. The largest absolute Gasteiger partial charge is 0.496 e. The van der Waals surface area contributed by atoms with E-state index < -0.39 is 0 Å². The highest BCUT2D eigenvalue weighted by Gasteiger charge is 2.21. The Bertz CT molecular complexity index is 594. The number of benzene rings is 1. The lowest BCUT2D eigenvalue weighted by molar-refractivity contribution is 0.404. The molecule has 1 N–H and O–H groups in total. The second kappa shape index (κ2) is 6.61. The van der Waals surface area contributed by atoms with E-state index in [4.69, 9.17) is 16.3 Å². The normalized spacial score (nSPS) is 12.4. The van der Waals surface area contributed by atoms with Crippen LogP contribution in [0.15, 0.2) is 24.3 Å². The summed E-state index contributed by atoms with van der Waals surface area (Å²) in [6.45, 7) is 7.29. The van der Waals surface area contributed by atoms with E-state index in [1.807, 2.05) is 29.5 Å². The SMILES string of the molecule is CCNC(c1cc(Cl)ccc1OC)c1sc(C)cc1C. The minimum Gasteiger partial charge on any atom is -0.496 e. The van der Waals surface area contributed by atoms with E-state index in [-0.39, 0.29) is 6.04 Å². The van der Waals surface area contributed by atoms with Crippen LogP contribution in [0.5, 0.6) is 5.75 Å². The lowest BCUT2D eigenvalue weighted by Gasteiger charge is -2.21. The van der Waals surface area contributed by atoms with Gasteiger partial charge in [0.2, 0.25) is 0 Å². The minimum absolute atomic E-state index is 0.118. The summed E-state index contributed by atoms with van der Waals surface area (Å²) < 4.78 is 5.50. The molecule has 2 rings (SSSR count). The maximum Gasteiger partial charge on any atom is 0.124 e. The zero-order chi connectivity index (χ0) is 14.7. The highest BCUT2D eigenvalue weighted by atomic mass is 35.5. The molecule has 0 aliphatic heterocycles. The fraction of sp³-hybridized carbons (Fsp3) is 0.375. The Hall–Kier alpha value is -1.03. The number of halogens is 1. The maximum atomic E-state index is 6.17. The third kappa shape index (κ3) is 3.17. The Kier molecular flexibility index (Phi) is 5.08. The average molecular weight is 310 g/mol. The summed E-state index contributed by atoms with van der Waals surface area (Å²) in [6.07, 6.45) is 0. The average Bonchev–Trinajstić information content (AvgIpc) is 2.75. The van der Waals surface area contributed by atoms with E-state index in [0.717, 1.165) is 22.9 Å². The van der Waals surface area contributed by atoms with Crippen LogP contribution >= 0.6 is 22.9 Å². The number of methoxy groups -OCH3 is 1. The predicted molar refractivity (Wildman–Crippen MR) is 87.3 cm³/mol. The fourth-order valence-corrected chi connectivity index (χ4v) is 3.74. The van der Waals surface area contributed by atoms with Crippen molar-refractivity contribution in [2.24, 2.45) is 0 Å². The predicted octanol–water partition coefficient (Wildman–Crippen LogP) is 4.73. The van der Waals surface area contributed by atoms with Crippen LogP contribution in [-0.2, 0) is 0 Å². The molecule has 0 saturated carbocycles. The topological polar surface area (TPSA) is 21.3 Å². The monoisotopic (exact) mass is 309 g/mol. The van der Waals surface area contributed by atoms with Crippen LogP contribution in [-0.4, -0.2) is 13.7 Å². The van der Waals surface area contributed by atoms with Crippen molar-refractivity contribution in [1.29, 1.82) is 0 Å². The van der Waals surface area contributed by atoms with Gasteiger partial charge in [0.15, 0.2) is 0 Å². The van der Waals surface area contributed by atoms with E-state index >= 15 is 0 Å². The number of thiophene rings is 1. The number of hydrogen-bond acceptors (Lipinski definition) is 3. The van der Waals surface area contributed by atoms with Crippen LogP contribution in [0.3, 0.4) is 0 Å². The molecule has 0 aliphatic carbocycles. The van der Waals surface area contributed by atoms with Gasteiger partial charge < -0.3 is 10.1 Å². The Morgan fingerprint density at radius 1 is 1.30 bits per heavy atom. The van der Waals surface area contributed by atoms with Gasteiger partial charge in [-0.1, -0.05) is 18.5 Å². The summed E-state index contributed by atoms with van der Waals surface area (Å²) in [6, 6.07) is 8.12. The number of nitrogens with one attached hydrogen (secondary N) is 1. The summed E-state index contributed by atoms with van der Waals surface area (Å²) in [5.41, 5.74) is 2.40. The first-order valence-corrected chi connectivity index (χ1v) is 7.90. The zero-order valence-corrected chi connectivity index (χ0v) is 13.9. The second-order valence-corrected chi connectivity index (χ2v) is 6.51. The molecule has 108 valence electrons. The fourth-order valence-electron chi connectivity index (χ4n) is 2.42. The van der Waals surface area contributed by atoms with Crippen LogP contribution in [0.1, 0.15) is 33.8 Å². The van der Waals surface area contributed by atoms with Gasteiger partial charge >= 0.3 is 0 Å². The molecule has 0 spiro atoms. The van der Waals surface area contributed by atoms with E-state index in [0.29, 0.717) is 0 Å². The molecule has 2 aromatic rings. The van der Waals surface area contributed by atoms with Gasteiger partial charge in [-0.3, -0.25) is 0 Å². The van der Waals surface area contributed by atoms with Gasteiger partial charge in [-0.2, -0.15) is 0 Å². The van der Waals surface area contributed by atoms with Crippen molar-refractivity contribution >= 4 is 22.9 Å². The van der Waals surface area contributed by atoms with Crippen molar-refractivity contribution < 1.29 is 4.74 Å². The summed E-state index contributed by atoms with van der Waals surface area (Å²) in [5, 5.41) is 4.27. The molecule has 0 fully saturated rings. The molecule has 1 atom stereocenters. The molecule has 0 radical (unpaired) electrons. The molecule has 1 unspecified atom stereocenters. The highest BCUT2D eigenvalue weighted by molar-refractivity contribution is 7.12. The Labute approximate surface area is 129 Å². The van der Waals surface area contributed by atoms with Crippen LogP contribution in [0.4, 0.5) is 0 Å². The zero-order valence-electron chi connectivity index (χ0n) is 12.3. The molecule has 1 aromatic carbocycles. The van der Waals surface area contributed by atoms with Gasteiger partial charge in [0.1, 0.15) is 5.75 Å².